The van der Waals surface area contributed by atoms with Crippen LogP contribution in [0.3, 0.4) is 0 Å². The Kier molecular flexibility index (Phi) is 7.40. The molecule has 4 saturated carbocycles. The second-order valence-electron chi connectivity index (χ2n) is 11.1. The standard InChI is InChI=1S/C27H39N3O4/c31-25(17-27-14-21-10-22(15-27)12-23(11-21)16-27)29-19-26(32)28-18-20-2-1-3-24(13-20)34-9-6-30-4-7-33-8-5-30/h1-3,13,21-23H,4-12,14-19H2,(H,28,32)(H,29,31). The molecule has 186 valence electrons. The summed E-state index contributed by atoms with van der Waals surface area (Å²) in [6.45, 7) is 5.46. The van der Waals surface area contributed by atoms with Crippen LogP contribution in [-0.4, -0.2) is 62.7 Å². The summed E-state index contributed by atoms with van der Waals surface area (Å²) in [7, 11) is 0. The number of benzene rings is 1. The summed E-state index contributed by atoms with van der Waals surface area (Å²) >= 11 is 0. The fraction of sp³-hybridized carbons (Fsp3) is 0.704. The van der Waals surface area contributed by atoms with Gasteiger partial charge in [-0.3, -0.25) is 14.5 Å². The first kappa shape index (κ1) is 23.6. The van der Waals surface area contributed by atoms with Gasteiger partial charge in [0.2, 0.25) is 11.8 Å². The minimum Gasteiger partial charge on any atom is -0.492 e. The van der Waals surface area contributed by atoms with Crippen LogP contribution >= 0.6 is 0 Å². The molecule has 2 amide bonds. The van der Waals surface area contributed by atoms with Gasteiger partial charge in [0.1, 0.15) is 12.4 Å². The number of morpholine rings is 1. The van der Waals surface area contributed by atoms with Gasteiger partial charge in [0.05, 0.1) is 19.8 Å². The van der Waals surface area contributed by atoms with Gasteiger partial charge in [-0.15, -0.1) is 0 Å². The van der Waals surface area contributed by atoms with E-state index in [0.29, 0.717) is 19.6 Å². The number of hydrogen-bond acceptors (Lipinski definition) is 5. The summed E-state index contributed by atoms with van der Waals surface area (Å²) < 4.78 is 11.3. The van der Waals surface area contributed by atoms with Crippen molar-refractivity contribution in [3.8, 4) is 5.75 Å². The van der Waals surface area contributed by atoms with Crippen molar-refractivity contribution >= 4 is 11.8 Å². The van der Waals surface area contributed by atoms with Crippen LogP contribution in [0.25, 0.3) is 0 Å². The van der Waals surface area contributed by atoms with Crippen molar-refractivity contribution in [1.82, 2.24) is 15.5 Å². The number of ether oxygens (including phenoxy) is 2. The third kappa shape index (κ3) is 6.11. The van der Waals surface area contributed by atoms with Crippen LogP contribution in [0.15, 0.2) is 24.3 Å². The fourth-order valence-electron chi connectivity index (χ4n) is 7.21. The first-order valence-electron chi connectivity index (χ1n) is 13.1. The predicted molar refractivity (Wildman–Crippen MR) is 129 cm³/mol. The Morgan fingerprint density at radius 2 is 1.71 bits per heavy atom. The highest BCUT2D eigenvalue weighted by atomic mass is 16.5. The van der Waals surface area contributed by atoms with Crippen molar-refractivity contribution in [1.29, 1.82) is 0 Å². The van der Waals surface area contributed by atoms with Gasteiger partial charge in [-0.25, -0.2) is 0 Å². The Labute approximate surface area is 202 Å². The third-order valence-electron chi connectivity index (χ3n) is 8.31. The summed E-state index contributed by atoms with van der Waals surface area (Å²) in [5, 5.41) is 5.79. The highest BCUT2D eigenvalue weighted by molar-refractivity contribution is 5.84. The number of nitrogens with one attached hydrogen (secondary N) is 2. The van der Waals surface area contributed by atoms with Crippen LogP contribution in [0.5, 0.6) is 5.75 Å². The summed E-state index contributed by atoms with van der Waals surface area (Å²) in [4.78, 5) is 27.3. The molecular formula is C27H39N3O4. The number of hydrogen-bond donors (Lipinski definition) is 2. The minimum absolute atomic E-state index is 0.0350. The van der Waals surface area contributed by atoms with E-state index in [-0.39, 0.29) is 23.8 Å². The number of rotatable bonds is 10. The molecule has 0 aromatic heterocycles. The summed E-state index contributed by atoms with van der Waals surface area (Å²) in [5.74, 6) is 3.19. The summed E-state index contributed by atoms with van der Waals surface area (Å²) in [6.07, 6.45) is 8.36. The maximum Gasteiger partial charge on any atom is 0.239 e. The Bertz CT molecular complexity index is 832. The molecule has 1 heterocycles. The zero-order valence-corrected chi connectivity index (χ0v) is 20.2. The quantitative estimate of drug-likeness (QED) is 0.551. The van der Waals surface area contributed by atoms with Crippen molar-refractivity contribution in [3.63, 3.8) is 0 Å². The van der Waals surface area contributed by atoms with E-state index in [4.69, 9.17) is 9.47 Å². The number of amides is 2. The Hall–Kier alpha value is -2.12. The van der Waals surface area contributed by atoms with Gasteiger partial charge in [-0.05, 0) is 79.4 Å². The lowest BCUT2D eigenvalue weighted by Gasteiger charge is -2.56. The van der Waals surface area contributed by atoms with Crippen molar-refractivity contribution in [2.75, 3.05) is 46.0 Å². The normalized spacial score (nSPS) is 30.2. The van der Waals surface area contributed by atoms with E-state index in [1.807, 2.05) is 24.3 Å². The molecule has 5 aliphatic rings. The van der Waals surface area contributed by atoms with Crippen molar-refractivity contribution in [2.45, 2.75) is 51.5 Å². The topological polar surface area (TPSA) is 79.9 Å². The smallest absolute Gasteiger partial charge is 0.239 e. The van der Waals surface area contributed by atoms with E-state index in [1.165, 1.54) is 38.5 Å². The predicted octanol–water partition coefficient (Wildman–Crippen LogP) is 2.74. The van der Waals surface area contributed by atoms with Crippen molar-refractivity contribution in [2.24, 2.45) is 23.2 Å². The molecule has 5 fully saturated rings. The lowest BCUT2D eigenvalue weighted by atomic mass is 9.49. The first-order valence-corrected chi connectivity index (χ1v) is 13.1. The number of carbonyl (C=O) groups excluding carboxylic acids is 2. The van der Waals surface area contributed by atoms with Gasteiger partial charge in [0.15, 0.2) is 0 Å². The maximum absolute atomic E-state index is 12.6. The Balaban J connectivity index is 1.00. The van der Waals surface area contributed by atoms with E-state index in [1.54, 1.807) is 0 Å². The SMILES string of the molecule is O=C(CNC(=O)CC12CC3CC(CC(C3)C1)C2)NCc1cccc(OCCN2CCOCC2)c1. The zero-order valence-electron chi connectivity index (χ0n) is 20.2. The van der Waals surface area contributed by atoms with Crippen LogP contribution in [0.1, 0.15) is 50.5 Å². The second-order valence-corrected chi connectivity index (χ2v) is 11.1. The van der Waals surface area contributed by atoms with Gasteiger partial charge in [0.25, 0.3) is 0 Å². The molecule has 0 atom stereocenters. The monoisotopic (exact) mass is 469 g/mol. The molecule has 0 spiro atoms. The maximum atomic E-state index is 12.6. The van der Waals surface area contributed by atoms with Gasteiger partial charge in [0, 0.05) is 32.6 Å². The molecule has 7 heteroatoms. The average molecular weight is 470 g/mol. The highest BCUT2D eigenvalue weighted by Gasteiger charge is 2.51. The minimum atomic E-state index is -0.155. The van der Waals surface area contributed by atoms with E-state index in [2.05, 4.69) is 15.5 Å². The van der Waals surface area contributed by atoms with Gasteiger partial charge >= 0.3 is 0 Å². The second kappa shape index (κ2) is 10.6. The molecule has 0 unspecified atom stereocenters. The van der Waals surface area contributed by atoms with Crippen LogP contribution in [0.2, 0.25) is 0 Å². The molecule has 7 nitrogen and oxygen atoms in total. The molecule has 4 bridgehead atoms. The molecule has 4 aliphatic carbocycles. The molecule has 6 rings (SSSR count). The molecule has 1 aliphatic heterocycles. The van der Waals surface area contributed by atoms with Crippen LogP contribution in [0.4, 0.5) is 0 Å². The van der Waals surface area contributed by atoms with Crippen molar-refractivity contribution < 1.29 is 19.1 Å². The average Bonchev–Trinajstić information content (AvgIpc) is 2.81. The third-order valence-corrected chi connectivity index (χ3v) is 8.31. The van der Waals surface area contributed by atoms with Crippen LogP contribution in [-0.2, 0) is 20.9 Å². The van der Waals surface area contributed by atoms with Crippen LogP contribution < -0.4 is 15.4 Å². The lowest BCUT2D eigenvalue weighted by Crippen LogP contribution is -2.48. The van der Waals surface area contributed by atoms with E-state index in [9.17, 15) is 9.59 Å². The molecule has 1 aromatic rings. The van der Waals surface area contributed by atoms with Crippen LogP contribution in [0, 0.1) is 23.2 Å². The fourth-order valence-corrected chi connectivity index (χ4v) is 7.21. The summed E-state index contributed by atoms with van der Waals surface area (Å²) in [6, 6.07) is 7.82. The summed E-state index contributed by atoms with van der Waals surface area (Å²) in [5.41, 5.74) is 1.19. The number of carbonyl (C=O) groups is 2. The largest absolute Gasteiger partial charge is 0.492 e. The molecule has 0 radical (unpaired) electrons. The van der Waals surface area contributed by atoms with Gasteiger partial charge in [-0.2, -0.15) is 0 Å². The molecule has 1 saturated heterocycles. The van der Waals surface area contributed by atoms with Crippen molar-refractivity contribution in [3.05, 3.63) is 29.8 Å². The molecule has 1 aromatic carbocycles. The van der Waals surface area contributed by atoms with E-state index in [0.717, 1.165) is 61.9 Å². The Morgan fingerprint density at radius 3 is 2.41 bits per heavy atom. The van der Waals surface area contributed by atoms with Gasteiger partial charge in [-0.1, -0.05) is 12.1 Å². The van der Waals surface area contributed by atoms with Gasteiger partial charge < -0.3 is 20.1 Å². The zero-order chi connectivity index (χ0) is 23.4. The molecule has 34 heavy (non-hydrogen) atoms. The van der Waals surface area contributed by atoms with E-state index < -0.39 is 0 Å². The number of nitrogens with zero attached hydrogens (tertiary/aromatic N) is 1. The Morgan fingerprint density at radius 1 is 1.00 bits per heavy atom. The highest BCUT2D eigenvalue weighted by Crippen LogP contribution is 2.61. The first-order chi connectivity index (χ1) is 16.6. The molecule has 2 N–H and O–H groups in total. The van der Waals surface area contributed by atoms with E-state index >= 15 is 0 Å². The lowest BCUT2D eigenvalue weighted by molar-refractivity contribution is -0.131. The molecular weight excluding hydrogens is 430 g/mol.